The number of rotatable bonds is 3. The van der Waals surface area contributed by atoms with Gasteiger partial charge in [0, 0.05) is 19.1 Å². The van der Waals surface area contributed by atoms with Crippen molar-refractivity contribution in [3.8, 4) is 0 Å². The zero-order chi connectivity index (χ0) is 17.3. The van der Waals surface area contributed by atoms with Gasteiger partial charge in [0.15, 0.2) is 0 Å². The van der Waals surface area contributed by atoms with E-state index < -0.39 is 5.60 Å². The van der Waals surface area contributed by atoms with Crippen molar-refractivity contribution in [1.82, 2.24) is 15.8 Å². The van der Waals surface area contributed by atoms with Crippen molar-refractivity contribution < 1.29 is 9.90 Å². The van der Waals surface area contributed by atoms with Gasteiger partial charge in [-0.3, -0.25) is 15.6 Å². The van der Waals surface area contributed by atoms with Crippen LogP contribution in [-0.4, -0.2) is 41.6 Å². The lowest BCUT2D eigenvalue weighted by Crippen LogP contribution is -2.46. The van der Waals surface area contributed by atoms with E-state index in [0.29, 0.717) is 32.0 Å². The van der Waals surface area contributed by atoms with E-state index in [0.717, 1.165) is 5.56 Å². The molecule has 136 valence electrons. The number of hydrogen-bond acceptors (Lipinski definition) is 4. The molecule has 2 heterocycles. The molecule has 1 aliphatic carbocycles. The summed E-state index contributed by atoms with van der Waals surface area (Å²) in [5.74, 6) is 0.773. The quantitative estimate of drug-likeness (QED) is 0.783. The molecule has 0 radical (unpaired) electrons. The van der Waals surface area contributed by atoms with E-state index in [4.69, 9.17) is 0 Å². The minimum absolute atomic E-state index is 0.0128. The molecule has 0 bridgehead atoms. The Bertz CT molecular complexity index is 602. The Morgan fingerprint density at radius 2 is 1.92 bits per heavy atom. The molecule has 5 heteroatoms. The number of carbonyl (C=O) groups is 1. The van der Waals surface area contributed by atoms with Crippen LogP contribution < -0.4 is 10.9 Å². The number of amides is 1. The third-order valence-electron chi connectivity index (χ3n) is 6.37. The molecule has 3 unspecified atom stereocenters. The molecule has 2 aliphatic heterocycles. The van der Waals surface area contributed by atoms with Crippen LogP contribution in [0.15, 0.2) is 30.3 Å². The van der Waals surface area contributed by atoms with Crippen molar-refractivity contribution >= 4 is 5.91 Å². The van der Waals surface area contributed by atoms with Crippen LogP contribution in [-0.2, 0) is 10.4 Å². The van der Waals surface area contributed by atoms with Crippen LogP contribution in [0.2, 0.25) is 0 Å². The molecule has 2 saturated heterocycles. The number of likely N-dealkylation sites (tertiary alicyclic amines) is 1. The smallest absolute Gasteiger partial charge is 0.228 e. The van der Waals surface area contributed by atoms with Gasteiger partial charge in [-0.25, -0.2) is 0 Å². The van der Waals surface area contributed by atoms with Crippen molar-refractivity contribution in [1.29, 1.82) is 0 Å². The number of nitrogens with one attached hydrogen (secondary N) is 2. The minimum atomic E-state index is -0.906. The van der Waals surface area contributed by atoms with Crippen LogP contribution >= 0.6 is 0 Å². The molecule has 0 aromatic heterocycles. The van der Waals surface area contributed by atoms with Crippen molar-refractivity contribution in [2.24, 2.45) is 11.8 Å². The molecule has 25 heavy (non-hydrogen) atoms. The first-order chi connectivity index (χ1) is 12.2. The highest BCUT2D eigenvalue weighted by molar-refractivity contribution is 5.80. The summed E-state index contributed by atoms with van der Waals surface area (Å²) >= 11 is 0. The lowest BCUT2D eigenvalue weighted by atomic mass is 9.79. The van der Waals surface area contributed by atoms with E-state index in [2.05, 4.69) is 10.9 Å². The molecule has 3 fully saturated rings. The highest BCUT2D eigenvalue weighted by Crippen LogP contribution is 2.35. The molecule has 0 spiro atoms. The maximum absolute atomic E-state index is 13.2. The Balaban J connectivity index is 1.44. The van der Waals surface area contributed by atoms with Gasteiger partial charge in [-0.1, -0.05) is 49.6 Å². The van der Waals surface area contributed by atoms with Crippen LogP contribution in [0.25, 0.3) is 0 Å². The summed E-state index contributed by atoms with van der Waals surface area (Å²) in [7, 11) is 0. The molecule has 1 aromatic carbocycles. The lowest BCUT2D eigenvalue weighted by molar-refractivity contribution is -0.136. The SMILES string of the molecule is O=C(C1CNNC1C1CCCCC1)N1CCC(O)(c2ccccc2)C1. The van der Waals surface area contributed by atoms with E-state index in [1.54, 1.807) is 0 Å². The summed E-state index contributed by atoms with van der Waals surface area (Å²) in [6.07, 6.45) is 6.94. The Morgan fingerprint density at radius 1 is 1.16 bits per heavy atom. The summed E-state index contributed by atoms with van der Waals surface area (Å²) in [5.41, 5.74) is 6.60. The third-order valence-corrected chi connectivity index (χ3v) is 6.37. The standard InChI is InChI=1S/C20H29N3O2/c24-19(17-13-21-22-18(17)15-7-3-1-4-8-15)23-12-11-20(25,14-23)16-9-5-2-6-10-16/h2,5-6,9-10,15,17-18,21-22,25H,1,3-4,7-8,11-14H2. The summed E-state index contributed by atoms with van der Waals surface area (Å²) in [6.45, 7) is 1.74. The summed E-state index contributed by atoms with van der Waals surface area (Å²) in [6, 6.07) is 9.99. The minimum Gasteiger partial charge on any atom is -0.383 e. The topological polar surface area (TPSA) is 64.6 Å². The number of benzene rings is 1. The molecular formula is C20H29N3O2. The number of carbonyl (C=O) groups excluding carboxylic acids is 1. The fraction of sp³-hybridized carbons (Fsp3) is 0.650. The second-order valence-corrected chi connectivity index (χ2v) is 7.96. The van der Waals surface area contributed by atoms with Crippen molar-refractivity contribution in [3.63, 3.8) is 0 Å². The molecule has 3 atom stereocenters. The second-order valence-electron chi connectivity index (χ2n) is 7.96. The second kappa shape index (κ2) is 7.06. The zero-order valence-corrected chi connectivity index (χ0v) is 14.8. The molecule has 3 aliphatic rings. The average molecular weight is 343 g/mol. The van der Waals surface area contributed by atoms with Gasteiger partial charge in [0.25, 0.3) is 0 Å². The predicted molar refractivity (Wildman–Crippen MR) is 96.5 cm³/mol. The van der Waals surface area contributed by atoms with Gasteiger partial charge < -0.3 is 10.0 Å². The largest absolute Gasteiger partial charge is 0.383 e. The maximum Gasteiger partial charge on any atom is 0.228 e. The van der Waals surface area contributed by atoms with Gasteiger partial charge in [-0.05, 0) is 30.7 Å². The van der Waals surface area contributed by atoms with Gasteiger partial charge in [0.1, 0.15) is 5.60 Å². The number of hydrogen-bond donors (Lipinski definition) is 3. The van der Waals surface area contributed by atoms with Crippen molar-refractivity contribution in [2.75, 3.05) is 19.6 Å². The van der Waals surface area contributed by atoms with Crippen LogP contribution in [0.3, 0.4) is 0 Å². The fourth-order valence-corrected chi connectivity index (χ4v) is 4.90. The molecule has 1 saturated carbocycles. The van der Waals surface area contributed by atoms with Gasteiger partial charge in [0.2, 0.25) is 5.91 Å². The number of aliphatic hydroxyl groups is 1. The Labute approximate surface area is 149 Å². The first-order valence-electron chi connectivity index (χ1n) is 9.72. The summed E-state index contributed by atoms with van der Waals surface area (Å²) in [5, 5.41) is 11.0. The van der Waals surface area contributed by atoms with Crippen LogP contribution in [0.5, 0.6) is 0 Å². The van der Waals surface area contributed by atoms with Crippen molar-refractivity contribution in [3.05, 3.63) is 35.9 Å². The Morgan fingerprint density at radius 3 is 2.68 bits per heavy atom. The first-order valence-corrected chi connectivity index (χ1v) is 9.72. The summed E-state index contributed by atoms with van der Waals surface area (Å²) < 4.78 is 0. The molecular weight excluding hydrogens is 314 g/mol. The molecule has 3 N–H and O–H groups in total. The van der Waals surface area contributed by atoms with E-state index in [9.17, 15) is 9.90 Å². The molecule has 4 rings (SSSR count). The van der Waals surface area contributed by atoms with E-state index in [-0.39, 0.29) is 17.9 Å². The number of nitrogens with zero attached hydrogens (tertiary/aromatic N) is 1. The maximum atomic E-state index is 13.2. The van der Waals surface area contributed by atoms with Crippen LogP contribution in [0.1, 0.15) is 44.1 Å². The monoisotopic (exact) mass is 343 g/mol. The van der Waals surface area contributed by atoms with E-state index >= 15 is 0 Å². The van der Waals surface area contributed by atoms with Gasteiger partial charge in [0.05, 0.1) is 12.5 Å². The highest BCUT2D eigenvalue weighted by atomic mass is 16.3. The van der Waals surface area contributed by atoms with Crippen molar-refractivity contribution in [2.45, 2.75) is 50.2 Å². The number of β-amino-alcohol motifs (C(OH)–C–C–N with tert-alkyl or cyclic N) is 1. The molecule has 5 nitrogen and oxygen atoms in total. The molecule has 1 amide bonds. The van der Waals surface area contributed by atoms with Gasteiger partial charge >= 0.3 is 0 Å². The predicted octanol–water partition coefficient (Wildman–Crippen LogP) is 1.78. The van der Waals surface area contributed by atoms with Gasteiger partial charge in [-0.2, -0.15) is 0 Å². The fourth-order valence-electron chi connectivity index (χ4n) is 4.90. The van der Waals surface area contributed by atoms with Crippen LogP contribution in [0.4, 0.5) is 0 Å². The number of hydrazine groups is 1. The normalized spacial score (nSPS) is 33.7. The van der Waals surface area contributed by atoms with Gasteiger partial charge in [-0.15, -0.1) is 0 Å². The third kappa shape index (κ3) is 3.33. The summed E-state index contributed by atoms with van der Waals surface area (Å²) in [4.78, 5) is 15.0. The van der Waals surface area contributed by atoms with Crippen LogP contribution in [0, 0.1) is 11.8 Å². The first kappa shape index (κ1) is 17.0. The zero-order valence-electron chi connectivity index (χ0n) is 14.8. The Hall–Kier alpha value is -1.43. The van der Waals surface area contributed by atoms with E-state index in [1.807, 2.05) is 35.2 Å². The molecule has 1 aromatic rings. The highest BCUT2D eigenvalue weighted by Gasteiger charge is 2.45. The Kier molecular flexibility index (Phi) is 4.80. The lowest BCUT2D eigenvalue weighted by Gasteiger charge is -2.32. The average Bonchev–Trinajstić information content (AvgIpc) is 3.30. The van der Waals surface area contributed by atoms with E-state index in [1.165, 1.54) is 32.1 Å².